The van der Waals surface area contributed by atoms with E-state index in [4.69, 9.17) is 11.6 Å². The van der Waals surface area contributed by atoms with Gasteiger partial charge in [-0.25, -0.2) is 8.78 Å². The van der Waals surface area contributed by atoms with Crippen LogP contribution < -0.4 is 4.90 Å². The SMILES string of the molecule is C=C1CN=C(c2c(F)cccc2F)c2c(ccc(C(F)(F)F)c2Cl)N1/C=C(/CCC)C(C)=O.CCC. The third-order valence-electron chi connectivity index (χ3n) is 5.14. The summed E-state index contributed by atoms with van der Waals surface area (Å²) in [5.41, 5.74) is -1.68. The first kappa shape index (κ1) is 29.2. The Morgan fingerprint density at radius 1 is 1.11 bits per heavy atom. The van der Waals surface area contributed by atoms with Gasteiger partial charge in [-0.3, -0.25) is 9.79 Å². The monoisotopic (exact) mass is 526 g/mol. The van der Waals surface area contributed by atoms with Crippen molar-refractivity contribution in [3.8, 4) is 0 Å². The van der Waals surface area contributed by atoms with Crippen molar-refractivity contribution in [3.05, 3.63) is 87.7 Å². The average Bonchev–Trinajstić information content (AvgIpc) is 2.91. The maximum Gasteiger partial charge on any atom is 0.417 e. The highest BCUT2D eigenvalue weighted by Gasteiger charge is 2.37. The zero-order valence-electron chi connectivity index (χ0n) is 20.6. The van der Waals surface area contributed by atoms with Gasteiger partial charge >= 0.3 is 6.18 Å². The predicted octanol–water partition coefficient (Wildman–Crippen LogP) is 8.50. The highest BCUT2D eigenvalue weighted by Crippen LogP contribution is 2.43. The molecular weight excluding hydrogens is 499 g/mol. The summed E-state index contributed by atoms with van der Waals surface area (Å²) in [4.78, 5) is 17.7. The fourth-order valence-electron chi connectivity index (χ4n) is 3.55. The van der Waals surface area contributed by atoms with Gasteiger partial charge < -0.3 is 4.90 Å². The second-order valence-corrected chi connectivity index (χ2v) is 8.56. The number of allylic oxidation sites excluding steroid dienone is 1. The molecule has 0 aromatic heterocycles. The number of carbonyl (C=O) groups is 1. The molecule has 0 N–H and O–H groups in total. The second kappa shape index (κ2) is 12.3. The number of carbonyl (C=O) groups excluding carboxylic acids is 1. The predicted molar refractivity (Wildman–Crippen MR) is 135 cm³/mol. The third-order valence-corrected chi connectivity index (χ3v) is 5.53. The molecule has 9 heteroatoms. The number of rotatable bonds is 5. The summed E-state index contributed by atoms with van der Waals surface area (Å²) < 4.78 is 70.2. The van der Waals surface area contributed by atoms with Crippen molar-refractivity contribution in [1.82, 2.24) is 0 Å². The van der Waals surface area contributed by atoms with E-state index in [9.17, 15) is 26.7 Å². The van der Waals surface area contributed by atoms with Gasteiger partial charge in [0.05, 0.1) is 34.1 Å². The zero-order valence-corrected chi connectivity index (χ0v) is 21.3. The Bertz CT molecular complexity index is 1180. The van der Waals surface area contributed by atoms with Crippen LogP contribution in [0.5, 0.6) is 0 Å². The number of fused-ring (bicyclic) bond motifs is 1. The molecule has 3 nitrogen and oxygen atoms in total. The van der Waals surface area contributed by atoms with Crippen molar-refractivity contribution in [2.24, 2.45) is 4.99 Å². The summed E-state index contributed by atoms with van der Waals surface area (Å²) >= 11 is 6.22. The topological polar surface area (TPSA) is 32.7 Å². The smallest absolute Gasteiger partial charge is 0.318 e. The summed E-state index contributed by atoms with van der Waals surface area (Å²) in [5.74, 6) is -2.23. The lowest BCUT2D eigenvalue weighted by molar-refractivity contribution is -0.137. The van der Waals surface area contributed by atoms with E-state index in [-0.39, 0.29) is 35.0 Å². The van der Waals surface area contributed by atoms with Crippen molar-refractivity contribution < 1.29 is 26.7 Å². The molecule has 0 bridgehead atoms. The number of aliphatic imine (C=N–C) groups is 1. The van der Waals surface area contributed by atoms with Crippen LogP contribution in [0.2, 0.25) is 5.02 Å². The van der Waals surface area contributed by atoms with Crippen LogP contribution in [0, 0.1) is 11.6 Å². The number of hydrogen-bond donors (Lipinski definition) is 0. The Morgan fingerprint density at radius 2 is 1.69 bits per heavy atom. The minimum absolute atomic E-state index is 0.0757. The molecule has 1 heterocycles. The Labute approximate surface area is 213 Å². The van der Waals surface area contributed by atoms with Crippen molar-refractivity contribution >= 4 is 28.8 Å². The standard InChI is InChI=1S/C24H20ClF5N2O.C3H8/c1-4-6-15(14(3)33)12-32-13(2)11-31-23(20-17(26)7-5-8-18(20)27)21-19(32)10-9-16(22(21)25)24(28,29)30;1-3-2/h5,7-10,12H,2,4,6,11H2,1,3H3;3H2,1-2H3/b15-12-;. The van der Waals surface area contributed by atoms with Crippen LogP contribution in [0.3, 0.4) is 0 Å². The molecule has 194 valence electrons. The molecule has 0 fully saturated rings. The molecule has 0 saturated heterocycles. The first-order chi connectivity index (χ1) is 16.9. The summed E-state index contributed by atoms with van der Waals surface area (Å²) in [6, 6.07) is 5.01. The van der Waals surface area contributed by atoms with E-state index in [1.807, 2.05) is 6.92 Å². The van der Waals surface area contributed by atoms with Gasteiger partial charge in [0.15, 0.2) is 5.78 Å². The van der Waals surface area contributed by atoms with E-state index in [2.05, 4.69) is 25.4 Å². The number of nitrogens with zero attached hydrogens (tertiary/aromatic N) is 2. The molecule has 0 unspecified atom stereocenters. The van der Waals surface area contributed by atoms with E-state index in [1.165, 1.54) is 24.4 Å². The third kappa shape index (κ3) is 6.40. The zero-order chi connectivity index (χ0) is 27.2. The van der Waals surface area contributed by atoms with Gasteiger partial charge in [0.1, 0.15) is 11.6 Å². The van der Waals surface area contributed by atoms with Crippen LogP contribution in [-0.4, -0.2) is 18.0 Å². The van der Waals surface area contributed by atoms with Gasteiger partial charge in [0.2, 0.25) is 0 Å². The van der Waals surface area contributed by atoms with Crippen LogP contribution in [-0.2, 0) is 11.0 Å². The Morgan fingerprint density at radius 3 is 2.19 bits per heavy atom. The molecule has 0 amide bonds. The summed E-state index contributed by atoms with van der Waals surface area (Å²) in [6.45, 7) is 11.2. The second-order valence-electron chi connectivity index (χ2n) is 8.18. The fourth-order valence-corrected chi connectivity index (χ4v) is 3.91. The number of halogens is 6. The van der Waals surface area contributed by atoms with Crippen LogP contribution in [0.4, 0.5) is 27.6 Å². The van der Waals surface area contributed by atoms with E-state index in [1.54, 1.807) is 0 Å². The van der Waals surface area contributed by atoms with Crippen molar-refractivity contribution in [2.45, 2.75) is 53.1 Å². The minimum Gasteiger partial charge on any atom is -0.318 e. The molecule has 1 aliphatic heterocycles. The first-order valence-corrected chi connectivity index (χ1v) is 11.8. The largest absolute Gasteiger partial charge is 0.417 e. The quantitative estimate of drug-likeness (QED) is 0.289. The number of Topliss-reactive ketones (excluding diaryl/α,β-unsaturated/α-hetero) is 1. The van der Waals surface area contributed by atoms with E-state index < -0.39 is 34.0 Å². The molecule has 36 heavy (non-hydrogen) atoms. The molecule has 0 spiro atoms. The Kier molecular flexibility index (Phi) is 9.99. The average molecular weight is 527 g/mol. The maximum atomic E-state index is 14.7. The molecule has 0 radical (unpaired) electrons. The lowest BCUT2D eigenvalue weighted by Gasteiger charge is -2.25. The van der Waals surface area contributed by atoms with Crippen LogP contribution in [0.1, 0.15) is 63.6 Å². The number of ketones is 1. The minimum atomic E-state index is -4.82. The molecular formula is C27H28ClF5N2O. The number of anilines is 1. The lowest BCUT2D eigenvalue weighted by atomic mass is 9.96. The van der Waals surface area contributed by atoms with Gasteiger partial charge in [-0.2, -0.15) is 13.2 Å². The molecule has 2 aromatic rings. The lowest BCUT2D eigenvalue weighted by Crippen LogP contribution is -2.20. The van der Waals surface area contributed by atoms with E-state index in [0.29, 0.717) is 18.4 Å². The highest BCUT2D eigenvalue weighted by atomic mass is 35.5. The highest BCUT2D eigenvalue weighted by molar-refractivity contribution is 6.37. The Balaban J connectivity index is 0.00000145. The molecule has 0 aliphatic carbocycles. The van der Waals surface area contributed by atoms with Gasteiger partial charge in [-0.1, -0.05) is 57.9 Å². The fraction of sp³-hybridized carbons (Fsp3) is 0.333. The van der Waals surface area contributed by atoms with Gasteiger partial charge in [0.25, 0.3) is 0 Å². The number of hydrogen-bond acceptors (Lipinski definition) is 3. The molecule has 0 saturated carbocycles. The number of benzene rings is 2. The summed E-state index contributed by atoms with van der Waals surface area (Å²) in [6.07, 6.45) is -1.04. The molecule has 2 aromatic carbocycles. The van der Waals surface area contributed by atoms with Crippen molar-refractivity contribution in [3.63, 3.8) is 0 Å². The van der Waals surface area contributed by atoms with Crippen LogP contribution >= 0.6 is 11.6 Å². The molecule has 0 atom stereocenters. The van der Waals surface area contributed by atoms with Crippen molar-refractivity contribution in [2.75, 3.05) is 11.4 Å². The van der Waals surface area contributed by atoms with Gasteiger partial charge in [-0.15, -0.1) is 0 Å². The summed E-state index contributed by atoms with van der Waals surface area (Å²) in [5, 5.41) is -0.755. The molecule has 1 aliphatic rings. The number of benzodiazepines with no additional fused rings is 1. The van der Waals surface area contributed by atoms with Crippen LogP contribution in [0.15, 0.2) is 59.4 Å². The van der Waals surface area contributed by atoms with E-state index in [0.717, 1.165) is 30.3 Å². The normalized spacial score (nSPS) is 13.9. The van der Waals surface area contributed by atoms with Gasteiger partial charge in [-0.05, 0) is 37.6 Å². The van der Waals surface area contributed by atoms with E-state index >= 15 is 0 Å². The summed E-state index contributed by atoms with van der Waals surface area (Å²) in [7, 11) is 0. The van der Waals surface area contributed by atoms with Crippen LogP contribution in [0.25, 0.3) is 0 Å². The van der Waals surface area contributed by atoms with Gasteiger partial charge in [0, 0.05) is 23.0 Å². The first-order valence-electron chi connectivity index (χ1n) is 11.5. The molecule has 3 rings (SSSR count). The maximum absolute atomic E-state index is 14.7. The Hall–Kier alpha value is -3.00. The number of alkyl halides is 3. The van der Waals surface area contributed by atoms with Crippen molar-refractivity contribution in [1.29, 1.82) is 0 Å².